The van der Waals surface area contributed by atoms with Gasteiger partial charge < -0.3 is 14.5 Å². The number of ether oxygens (including phenoxy) is 1. The molecule has 3 rings (SSSR count). The minimum absolute atomic E-state index is 0.181. The molecular weight excluding hydrogens is 334 g/mol. The first-order valence-electron chi connectivity index (χ1n) is 8.32. The van der Waals surface area contributed by atoms with E-state index in [-0.39, 0.29) is 11.5 Å². The fourth-order valence-corrected chi connectivity index (χ4v) is 3.01. The van der Waals surface area contributed by atoms with E-state index in [1.807, 2.05) is 25.1 Å². The molecule has 136 valence electrons. The fraction of sp³-hybridized carbons (Fsp3) is 0.316. The van der Waals surface area contributed by atoms with Gasteiger partial charge in [0.1, 0.15) is 5.58 Å². The SMILES string of the molecule is CCc1ccc2oc(C(=O)Nc3c(C)nn(C)c3C(=O)OC)c(C)c2c1. The highest BCUT2D eigenvalue weighted by Gasteiger charge is 2.25. The monoisotopic (exact) mass is 355 g/mol. The van der Waals surface area contributed by atoms with Gasteiger partial charge in [0.25, 0.3) is 5.91 Å². The molecule has 3 aromatic rings. The second-order valence-electron chi connectivity index (χ2n) is 6.12. The summed E-state index contributed by atoms with van der Waals surface area (Å²) in [6.07, 6.45) is 0.902. The van der Waals surface area contributed by atoms with Gasteiger partial charge in [-0.15, -0.1) is 0 Å². The lowest BCUT2D eigenvalue weighted by molar-refractivity contribution is 0.0589. The molecule has 7 heteroatoms. The number of aromatic nitrogens is 2. The molecule has 0 aliphatic heterocycles. The smallest absolute Gasteiger partial charge is 0.358 e. The topological polar surface area (TPSA) is 86.4 Å². The summed E-state index contributed by atoms with van der Waals surface area (Å²) in [6.45, 7) is 5.63. The molecule has 0 fully saturated rings. The summed E-state index contributed by atoms with van der Waals surface area (Å²) in [4.78, 5) is 24.8. The van der Waals surface area contributed by atoms with Crippen LogP contribution in [-0.4, -0.2) is 28.8 Å². The van der Waals surface area contributed by atoms with Crippen LogP contribution >= 0.6 is 0 Å². The van der Waals surface area contributed by atoms with Crippen molar-refractivity contribution in [2.24, 2.45) is 7.05 Å². The number of nitrogens with zero attached hydrogens (tertiary/aromatic N) is 2. The number of carbonyl (C=O) groups excluding carboxylic acids is 2. The van der Waals surface area contributed by atoms with E-state index < -0.39 is 11.9 Å². The quantitative estimate of drug-likeness (QED) is 0.725. The van der Waals surface area contributed by atoms with Gasteiger partial charge in [-0.05, 0) is 38.0 Å². The normalized spacial score (nSPS) is 11.0. The molecule has 1 aromatic carbocycles. The largest absolute Gasteiger partial charge is 0.464 e. The third kappa shape index (κ3) is 2.85. The molecule has 2 heterocycles. The summed E-state index contributed by atoms with van der Waals surface area (Å²) in [6, 6.07) is 5.88. The molecule has 0 aliphatic rings. The Balaban J connectivity index is 2.00. The van der Waals surface area contributed by atoms with E-state index in [9.17, 15) is 9.59 Å². The van der Waals surface area contributed by atoms with Crippen molar-refractivity contribution in [2.45, 2.75) is 27.2 Å². The zero-order valence-electron chi connectivity index (χ0n) is 15.5. The number of hydrogen-bond donors (Lipinski definition) is 1. The number of carbonyl (C=O) groups is 2. The predicted octanol–water partition coefficient (Wildman–Crippen LogP) is 3.38. The summed E-state index contributed by atoms with van der Waals surface area (Å²) < 4.78 is 11.9. The molecule has 1 amide bonds. The van der Waals surface area contributed by atoms with Gasteiger partial charge in [0.2, 0.25) is 0 Å². The zero-order chi connectivity index (χ0) is 19.0. The Hall–Kier alpha value is -3.09. The van der Waals surface area contributed by atoms with Crippen LogP contribution in [0.3, 0.4) is 0 Å². The lowest BCUT2D eigenvalue weighted by atomic mass is 10.1. The van der Waals surface area contributed by atoms with Crippen molar-refractivity contribution in [1.29, 1.82) is 0 Å². The van der Waals surface area contributed by atoms with Gasteiger partial charge in [-0.25, -0.2) is 4.79 Å². The first kappa shape index (κ1) is 17.7. The van der Waals surface area contributed by atoms with Gasteiger partial charge in [-0.3, -0.25) is 9.48 Å². The van der Waals surface area contributed by atoms with E-state index in [1.54, 1.807) is 14.0 Å². The number of anilines is 1. The maximum atomic E-state index is 12.8. The van der Waals surface area contributed by atoms with Crippen LogP contribution in [0.5, 0.6) is 0 Å². The van der Waals surface area contributed by atoms with Gasteiger partial charge >= 0.3 is 5.97 Å². The van der Waals surface area contributed by atoms with Crippen molar-refractivity contribution < 1.29 is 18.7 Å². The van der Waals surface area contributed by atoms with Gasteiger partial charge in [-0.2, -0.15) is 5.10 Å². The molecule has 7 nitrogen and oxygen atoms in total. The number of fused-ring (bicyclic) bond motifs is 1. The number of methoxy groups -OCH3 is 1. The van der Waals surface area contributed by atoms with Crippen molar-refractivity contribution in [3.05, 3.63) is 46.5 Å². The highest BCUT2D eigenvalue weighted by atomic mass is 16.5. The highest BCUT2D eigenvalue weighted by Crippen LogP contribution is 2.28. The van der Waals surface area contributed by atoms with Gasteiger partial charge in [0, 0.05) is 18.0 Å². The average molecular weight is 355 g/mol. The van der Waals surface area contributed by atoms with Crippen LogP contribution < -0.4 is 5.32 Å². The molecule has 0 bridgehead atoms. The number of nitrogens with one attached hydrogen (secondary N) is 1. The van der Waals surface area contributed by atoms with Crippen molar-refractivity contribution >= 4 is 28.5 Å². The Morgan fingerprint density at radius 3 is 2.69 bits per heavy atom. The number of esters is 1. The van der Waals surface area contributed by atoms with Gasteiger partial charge in [0.15, 0.2) is 11.5 Å². The van der Waals surface area contributed by atoms with Crippen LogP contribution in [0.4, 0.5) is 5.69 Å². The van der Waals surface area contributed by atoms with Crippen LogP contribution in [0.15, 0.2) is 22.6 Å². The fourth-order valence-electron chi connectivity index (χ4n) is 3.01. The van der Waals surface area contributed by atoms with Crippen molar-refractivity contribution in [3.8, 4) is 0 Å². The minimum Gasteiger partial charge on any atom is -0.464 e. The van der Waals surface area contributed by atoms with E-state index in [2.05, 4.69) is 17.3 Å². The lowest BCUT2D eigenvalue weighted by Crippen LogP contribution is -2.17. The van der Waals surface area contributed by atoms with E-state index in [0.717, 1.165) is 17.4 Å². The lowest BCUT2D eigenvalue weighted by Gasteiger charge is -2.06. The molecule has 1 N–H and O–H groups in total. The Bertz CT molecular complexity index is 1010. The van der Waals surface area contributed by atoms with Crippen molar-refractivity contribution in [3.63, 3.8) is 0 Å². The van der Waals surface area contributed by atoms with Crippen molar-refractivity contribution in [1.82, 2.24) is 9.78 Å². The molecule has 0 atom stereocenters. The third-order valence-electron chi connectivity index (χ3n) is 4.45. The Morgan fingerprint density at radius 1 is 1.31 bits per heavy atom. The maximum Gasteiger partial charge on any atom is 0.358 e. The number of hydrogen-bond acceptors (Lipinski definition) is 5. The Labute approximate surface area is 150 Å². The minimum atomic E-state index is -0.572. The number of rotatable bonds is 4. The molecule has 0 aliphatic carbocycles. The number of amides is 1. The highest BCUT2D eigenvalue weighted by molar-refractivity contribution is 6.09. The predicted molar refractivity (Wildman–Crippen MR) is 97.6 cm³/mol. The second kappa shape index (κ2) is 6.67. The van der Waals surface area contributed by atoms with Gasteiger partial charge in [-0.1, -0.05) is 13.0 Å². The summed E-state index contributed by atoms with van der Waals surface area (Å²) in [5.41, 5.74) is 3.60. The molecular formula is C19H21N3O4. The number of aryl methyl sites for hydroxylation is 4. The molecule has 26 heavy (non-hydrogen) atoms. The third-order valence-corrected chi connectivity index (χ3v) is 4.45. The summed E-state index contributed by atoms with van der Waals surface area (Å²) in [5.74, 6) is -0.789. The Morgan fingerprint density at radius 2 is 2.04 bits per heavy atom. The van der Waals surface area contributed by atoms with Gasteiger partial charge in [0.05, 0.1) is 18.5 Å². The average Bonchev–Trinajstić information content (AvgIpc) is 3.10. The van der Waals surface area contributed by atoms with E-state index in [0.29, 0.717) is 17.0 Å². The summed E-state index contributed by atoms with van der Waals surface area (Å²) >= 11 is 0. The first-order valence-corrected chi connectivity index (χ1v) is 8.32. The zero-order valence-corrected chi connectivity index (χ0v) is 15.5. The number of benzene rings is 1. The first-order chi connectivity index (χ1) is 12.4. The van der Waals surface area contributed by atoms with Crippen LogP contribution in [0.1, 0.15) is 44.8 Å². The molecule has 2 aromatic heterocycles. The number of furan rings is 1. The maximum absolute atomic E-state index is 12.8. The van der Waals surface area contributed by atoms with E-state index in [4.69, 9.17) is 9.15 Å². The second-order valence-corrected chi connectivity index (χ2v) is 6.12. The van der Waals surface area contributed by atoms with Crippen LogP contribution in [0.2, 0.25) is 0 Å². The van der Waals surface area contributed by atoms with E-state index in [1.165, 1.54) is 17.4 Å². The Kier molecular flexibility index (Phi) is 4.54. The molecule has 0 radical (unpaired) electrons. The molecule has 0 saturated heterocycles. The van der Waals surface area contributed by atoms with Crippen LogP contribution in [-0.2, 0) is 18.2 Å². The molecule has 0 saturated carbocycles. The standard InChI is InChI=1S/C19H21N3O4/c1-6-12-7-8-14-13(9-12)10(2)17(26-14)18(23)20-15-11(3)21-22(4)16(15)19(24)25-5/h7-9H,6H2,1-5H3,(H,20,23). The molecule has 0 unspecified atom stereocenters. The van der Waals surface area contributed by atoms with Crippen LogP contribution in [0, 0.1) is 13.8 Å². The van der Waals surface area contributed by atoms with Crippen LogP contribution in [0.25, 0.3) is 11.0 Å². The molecule has 0 spiro atoms. The van der Waals surface area contributed by atoms with Crippen molar-refractivity contribution in [2.75, 3.05) is 12.4 Å². The summed E-state index contributed by atoms with van der Waals surface area (Å²) in [7, 11) is 2.90. The summed E-state index contributed by atoms with van der Waals surface area (Å²) in [5, 5.41) is 7.84. The van der Waals surface area contributed by atoms with E-state index >= 15 is 0 Å².